The van der Waals surface area contributed by atoms with Gasteiger partial charge in [0.15, 0.2) is 5.82 Å². The number of carboxylic acid groups (broad SMARTS) is 2. The largest absolute Gasteiger partial charge is 0.480 e. The maximum atomic E-state index is 13.2. The number of aromatic nitrogens is 6. The molecule has 3 heterocycles. The predicted molar refractivity (Wildman–Crippen MR) is 175 cm³/mol. The molecular weight excluding hydrogens is 600 g/mol. The van der Waals surface area contributed by atoms with Gasteiger partial charge in [0.25, 0.3) is 0 Å². The van der Waals surface area contributed by atoms with Crippen molar-refractivity contribution in [2.45, 2.75) is 24.9 Å². The number of nitrogens with two attached hydrogens (primary N) is 2. The lowest BCUT2D eigenvalue weighted by Gasteiger charge is -2.11. The summed E-state index contributed by atoms with van der Waals surface area (Å²) in [5.74, 6) is -2.15. The second kappa shape index (κ2) is 13.0. The summed E-state index contributed by atoms with van der Waals surface area (Å²) < 4.78 is 1.72. The second-order valence-electron chi connectivity index (χ2n) is 10.9. The van der Waals surface area contributed by atoms with Crippen molar-refractivity contribution in [3.63, 3.8) is 0 Å². The summed E-state index contributed by atoms with van der Waals surface area (Å²) in [4.78, 5) is 50.5. The highest BCUT2D eigenvalue weighted by Gasteiger charge is 2.22. The minimum atomic E-state index is -1.15. The van der Waals surface area contributed by atoms with Crippen LogP contribution in [0.25, 0.3) is 45.2 Å². The van der Waals surface area contributed by atoms with E-state index in [1.807, 2.05) is 72.9 Å². The summed E-state index contributed by atoms with van der Waals surface area (Å²) in [5.41, 5.74) is 15.8. The number of ketones is 1. The fraction of sp³-hybridized carbons (Fsp3) is 0.118. The lowest BCUT2D eigenvalue weighted by molar-refractivity contribution is -0.139. The number of benzene rings is 3. The number of carboxylic acids is 2. The van der Waals surface area contributed by atoms with Gasteiger partial charge in [0, 0.05) is 59.5 Å². The molecule has 2 atom stereocenters. The molecule has 3 aromatic heterocycles. The minimum Gasteiger partial charge on any atom is -0.480 e. The molecule has 13 nitrogen and oxygen atoms in total. The maximum Gasteiger partial charge on any atom is 0.320 e. The molecule has 3 aromatic carbocycles. The molecule has 8 N–H and O–H groups in total. The first kappa shape index (κ1) is 30.8. The number of aromatic amines is 2. The Morgan fingerprint density at radius 3 is 2.21 bits per heavy atom. The molecule has 0 amide bonds. The number of carbonyl (C=O) groups is 3. The summed E-state index contributed by atoms with van der Waals surface area (Å²) in [6.45, 7) is 0. The molecule has 0 spiro atoms. The van der Waals surface area contributed by atoms with Crippen LogP contribution in [-0.2, 0) is 22.4 Å². The fourth-order valence-electron chi connectivity index (χ4n) is 5.22. The Morgan fingerprint density at radius 2 is 1.49 bits per heavy atom. The first-order chi connectivity index (χ1) is 22.7. The van der Waals surface area contributed by atoms with Crippen LogP contribution in [0.5, 0.6) is 0 Å². The second-order valence-corrected chi connectivity index (χ2v) is 10.9. The number of hydrogen-bond donors (Lipinski definition) is 6. The molecule has 47 heavy (non-hydrogen) atoms. The van der Waals surface area contributed by atoms with Crippen LogP contribution in [0.3, 0.4) is 0 Å². The summed E-state index contributed by atoms with van der Waals surface area (Å²) in [6, 6.07) is 19.0. The molecule has 0 fully saturated rings. The van der Waals surface area contributed by atoms with E-state index < -0.39 is 29.8 Å². The number of aliphatic carboxylic acids is 2. The van der Waals surface area contributed by atoms with Gasteiger partial charge in [0.05, 0.1) is 5.69 Å². The molecule has 236 valence electrons. The Balaban J connectivity index is 1.45. The van der Waals surface area contributed by atoms with E-state index in [0.717, 1.165) is 22.0 Å². The molecule has 0 aliphatic rings. The summed E-state index contributed by atoms with van der Waals surface area (Å²) in [5, 5.41) is 25.2. The average Bonchev–Trinajstić information content (AvgIpc) is 3.84. The first-order valence-corrected chi connectivity index (χ1v) is 14.6. The predicted octanol–water partition coefficient (Wildman–Crippen LogP) is 3.61. The quantitative estimate of drug-likeness (QED) is 0.0852. The van der Waals surface area contributed by atoms with Crippen LogP contribution in [-0.4, -0.2) is 69.7 Å². The normalized spacial score (nSPS) is 12.8. The standard InChI is InChI=1S/C34H30N8O5/c35-26(33(44)45)14-21-16-37-31(39-21)25-12-10-19-6-4-5-9-24(19)29(25)30-20(18-42(41-30)23-7-2-1-3-8-23)11-13-28(43)32-38-17-22(40-32)15-27(36)34(46)47/h1-13,16-18,26-27H,14-15,35-36H2,(H,37,39)(H,38,40)(H,44,45)(H,46,47)/b13-11+. The van der Waals surface area contributed by atoms with Crippen molar-refractivity contribution in [3.8, 4) is 28.3 Å². The highest BCUT2D eigenvalue weighted by molar-refractivity contribution is 6.07. The molecule has 13 heteroatoms. The third-order valence-corrected chi connectivity index (χ3v) is 7.60. The van der Waals surface area contributed by atoms with Gasteiger partial charge in [-0.05, 0) is 41.1 Å². The van der Waals surface area contributed by atoms with Gasteiger partial charge in [-0.25, -0.2) is 14.6 Å². The molecule has 6 rings (SSSR count). The van der Waals surface area contributed by atoms with Crippen molar-refractivity contribution in [2.75, 3.05) is 0 Å². The number of rotatable bonds is 12. The number of imidazole rings is 2. The van der Waals surface area contributed by atoms with Crippen LogP contribution < -0.4 is 11.5 Å². The molecule has 0 saturated carbocycles. The van der Waals surface area contributed by atoms with Crippen molar-refractivity contribution >= 4 is 34.6 Å². The van der Waals surface area contributed by atoms with Gasteiger partial charge < -0.3 is 31.6 Å². The molecule has 0 saturated heterocycles. The zero-order valence-electron chi connectivity index (χ0n) is 24.9. The monoisotopic (exact) mass is 630 g/mol. The zero-order valence-corrected chi connectivity index (χ0v) is 24.9. The topological polar surface area (TPSA) is 219 Å². The van der Waals surface area contributed by atoms with Crippen LogP contribution in [0.2, 0.25) is 0 Å². The number of nitrogens with one attached hydrogen (secondary N) is 2. The number of hydrogen-bond acceptors (Lipinski definition) is 8. The van der Waals surface area contributed by atoms with E-state index in [-0.39, 0.29) is 18.7 Å². The third kappa shape index (κ3) is 6.61. The summed E-state index contributed by atoms with van der Waals surface area (Å²) in [7, 11) is 0. The van der Waals surface area contributed by atoms with Gasteiger partial charge in [-0.2, -0.15) is 5.10 Å². The number of allylic oxidation sites excluding steroid dienone is 1. The lowest BCUT2D eigenvalue weighted by Crippen LogP contribution is -2.32. The first-order valence-electron chi connectivity index (χ1n) is 14.6. The molecule has 0 radical (unpaired) electrons. The van der Waals surface area contributed by atoms with E-state index >= 15 is 0 Å². The molecule has 2 unspecified atom stereocenters. The fourth-order valence-corrected chi connectivity index (χ4v) is 5.22. The van der Waals surface area contributed by atoms with Crippen LogP contribution >= 0.6 is 0 Å². The van der Waals surface area contributed by atoms with Crippen LogP contribution in [0.15, 0.2) is 91.4 Å². The van der Waals surface area contributed by atoms with E-state index in [1.165, 1.54) is 12.3 Å². The van der Waals surface area contributed by atoms with E-state index in [9.17, 15) is 19.5 Å². The average molecular weight is 631 g/mol. The van der Waals surface area contributed by atoms with Gasteiger partial charge in [-0.1, -0.05) is 48.5 Å². The Kier molecular flexibility index (Phi) is 8.56. The highest BCUT2D eigenvalue weighted by atomic mass is 16.4. The van der Waals surface area contributed by atoms with E-state index in [0.29, 0.717) is 34.0 Å². The Bertz CT molecular complexity index is 2130. The summed E-state index contributed by atoms with van der Waals surface area (Å²) in [6.07, 6.45) is 7.87. The highest BCUT2D eigenvalue weighted by Crippen LogP contribution is 2.39. The molecule has 0 aliphatic heterocycles. The van der Waals surface area contributed by atoms with Crippen LogP contribution in [0.1, 0.15) is 27.6 Å². The van der Waals surface area contributed by atoms with Crippen molar-refractivity contribution in [1.82, 2.24) is 29.7 Å². The van der Waals surface area contributed by atoms with Crippen molar-refractivity contribution in [1.29, 1.82) is 0 Å². The van der Waals surface area contributed by atoms with Gasteiger partial charge in [0.1, 0.15) is 23.6 Å². The van der Waals surface area contributed by atoms with Crippen molar-refractivity contribution in [3.05, 3.63) is 114 Å². The molecule has 0 aliphatic carbocycles. The maximum absolute atomic E-state index is 13.2. The molecule has 0 bridgehead atoms. The minimum absolute atomic E-state index is 0.00603. The number of para-hydroxylation sites is 1. The molecular formula is C34H30N8O5. The van der Waals surface area contributed by atoms with Gasteiger partial charge in [-0.3, -0.25) is 14.4 Å². The van der Waals surface area contributed by atoms with Gasteiger partial charge >= 0.3 is 11.9 Å². The Hall–Kier alpha value is -6.18. The van der Waals surface area contributed by atoms with Crippen molar-refractivity contribution < 1.29 is 24.6 Å². The summed E-state index contributed by atoms with van der Waals surface area (Å²) >= 11 is 0. The van der Waals surface area contributed by atoms with Crippen LogP contribution in [0, 0.1) is 0 Å². The van der Waals surface area contributed by atoms with Crippen LogP contribution in [0.4, 0.5) is 0 Å². The van der Waals surface area contributed by atoms with E-state index in [1.54, 1.807) is 17.0 Å². The van der Waals surface area contributed by atoms with E-state index in [2.05, 4.69) is 19.9 Å². The zero-order chi connectivity index (χ0) is 33.1. The number of H-pyrrole nitrogens is 2. The van der Waals surface area contributed by atoms with Crippen molar-refractivity contribution in [2.24, 2.45) is 11.5 Å². The number of fused-ring (bicyclic) bond motifs is 1. The SMILES string of the molecule is NC(Cc1cnc(C(=O)/C=C/c2cn(-c3ccccc3)nc2-c2c(-c3ncc(CC(N)C(=O)O)[nH]3)ccc3ccccc23)[nH]1)C(=O)O. The van der Waals surface area contributed by atoms with Gasteiger partial charge in [0.2, 0.25) is 5.78 Å². The third-order valence-electron chi connectivity index (χ3n) is 7.60. The molecule has 6 aromatic rings. The Labute approximate surface area is 267 Å². The lowest BCUT2D eigenvalue weighted by atomic mass is 9.94. The Morgan fingerprint density at radius 1 is 0.830 bits per heavy atom. The smallest absolute Gasteiger partial charge is 0.320 e. The number of carbonyl (C=O) groups excluding carboxylic acids is 1. The van der Waals surface area contributed by atoms with Gasteiger partial charge in [-0.15, -0.1) is 0 Å². The van der Waals surface area contributed by atoms with E-state index in [4.69, 9.17) is 21.7 Å². The number of nitrogens with zero attached hydrogens (tertiary/aromatic N) is 4.